The molecular formula is C17H11N5. The molecule has 22 heavy (non-hydrogen) atoms. The molecule has 0 heterocycles. The van der Waals surface area contributed by atoms with Crippen molar-refractivity contribution < 1.29 is 0 Å². The minimum atomic E-state index is -0.984. The van der Waals surface area contributed by atoms with Crippen LogP contribution in [-0.4, -0.2) is 0 Å². The van der Waals surface area contributed by atoms with Crippen LogP contribution >= 0.6 is 0 Å². The van der Waals surface area contributed by atoms with Crippen LogP contribution in [0.25, 0.3) is 0 Å². The van der Waals surface area contributed by atoms with Crippen molar-refractivity contribution in [1.82, 2.24) is 0 Å². The summed E-state index contributed by atoms with van der Waals surface area (Å²) >= 11 is 0. The molecule has 0 aliphatic rings. The summed E-state index contributed by atoms with van der Waals surface area (Å²) in [6, 6.07) is 21.8. The molecule has 0 aromatic heterocycles. The van der Waals surface area contributed by atoms with E-state index in [4.69, 9.17) is 15.8 Å². The number of benzene rings is 2. The Balaban J connectivity index is 2.17. The first-order chi connectivity index (χ1) is 10.8. The molecule has 0 aliphatic heterocycles. The Hall–Kier alpha value is -3.49. The Kier molecular flexibility index (Phi) is 4.97. The van der Waals surface area contributed by atoms with Crippen LogP contribution in [0.4, 0.5) is 11.4 Å². The van der Waals surface area contributed by atoms with E-state index in [0.29, 0.717) is 11.3 Å². The monoisotopic (exact) mass is 285 g/mol. The Morgan fingerprint density at radius 1 is 0.682 bits per heavy atom. The maximum atomic E-state index is 9.14. The van der Waals surface area contributed by atoms with Crippen molar-refractivity contribution in [3.8, 4) is 18.2 Å². The summed E-state index contributed by atoms with van der Waals surface area (Å²) in [6.45, 7) is 0. The van der Waals surface area contributed by atoms with Gasteiger partial charge in [-0.05, 0) is 29.8 Å². The maximum Gasteiger partial charge on any atom is 0.153 e. The first kappa shape index (κ1) is 14.9. The van der Waals surface area contributed by atoms with E-state index < -0.39 is 11.8 Å². The molecule has 0 radical (unpaired) electrons. The van der Waals surface area contributed by atoms with Crippen LogP contribution in [0.3, 0.4) is 0 Å². The van der Waals surface area contributed by atoms with Gasteiger partial charge in [-0.3, -0.25) is 0 Å². The predicted octanol–water partition coefficient (Wildman–Crippen LogP) is 4.37. The summed E-state index contributed by atoms with van der Waals surface area (Å²) in [4.78, 5) is 0. The highest BCUT2D eigenvalue weighted by atomic mass is 15.1. The van der Waals surface area contributed by atoms with Gasteiger partial charge in [0.25, 0.3) is 0 Å². The Labute approximate surface area is 128 Å². The van der Waals surface area contributed by atoms with Gasteiger partial charge in [0.1, 0.15) is 5.92 Å². The summed E-state index contributed by atoms with van der Waals surface area (Å²) in [5, 5.41) is 35.1. The zero-order chi connectivity index (χ0) is 15.8. The van der Waals surface area contributed by atoms with Gasteiger partial charge in [0.2, 0.25) is 0 Å². The zero-order valence-electron chi connectivity index (χ0n) is 11.6. The number of azo groups is 1. The number of hydrogen-bond donors (Lipinski definition) is 0. The van der Waals surface area contributed by atoms with Crippen LogP contribution < -0.4 is 0 Å². The number of rotatable bonds is 4. The minimum absolute atomic E-state index is 0.620. The third kappa shape index (κ3) is 3.54. The molecule has 0 N–H and O–H groups in total. The summed E-state index contributed by atoms with van der Waals surface area (Å²) in [6.07, 6.45) is 0. The lowest BCUT2D eigenvalue weighted by Gasteiger charge is -2.09. The highest BCUT2D eigenvalue weighted by Crippen LogP contribution is 2.26. The molecule has 0 saturated carbocycles. The van der Waals surface area contributed by atoms with Gasteiger partial charge in [0, 0.05) is 0 Å². The van der Waals surface area contributed by atoms with Crippen molar-refractivity contribution >= 4 is 11.4 Å². The summed E-state index contributed by atoms with van der Waals surface area (Å²) in [5.74, 6) is -1.75. The summed E-state index contributed by atoms with van der Waals surface area (Å²) in [5.41, 5.74) is 2.00. The van der Waals surface area contributed by atoms with E-state index in [1.165, 1.54) is 0 Å². The van der Waals surface area contributed by atoms with Crippen molar-refractivity contribution in [1.29, 1.82) is 15.8 Å². The van der Waals surface area contributed by atoms with Gasteiger partial charge in [-0.2, -0.15) is 26.0 Å². The molecule has 2 rings (SSSR count). The second kappa shape index (κ2) is 7.33. The molecule has 1 unspecified atom stereocenters. The summed E-state index contributed by atoms with van der Waals surface area (Å²) < 4.78 is 0. The third-order valence-electron chi connectivity index (χ3n) is 3.04. The molecule has 104 valence electrons. The van der Waals surface area contributed by atoms with E-state index in [0.717, 1.165) is 5.69 Å². The smallest absolute Gasteiger partial charge is 0.153 e. The van der Waals surface area contributed by atoms with Crippen molar-refractivity contribution in [2.24, 2.45) is 16.1 Å². The highest BCUT2D eigenvalue weighted by molar-refractivity contribution is 5.43. The molecule has 0 saturated heterocycles. The molecule has 2 aromatic rings. The molecule has 0 aliphatic carbocycles. The second-order valence-electron chi connectivity index (χ2n) is 4.47. The van der Waals surface area contributed by atoms with Crippen LogP contribution in [0.2, 0.25) is 0 Å². The maximum absolute atomic E-state index is 9.14. The fourth-order valence-corrected chi connectivity index (χ4v) is 1.88. The highest BCUT2D eigenvalue weighted by Gasteiger charge is 2.22. The molecule has 0 fully saturated rings. The van der Waals surface area contributed by atoms with Gasteiger partial charge >= 0.3 is 0 Å². The third-order valence-corrected chi connectivity index (χ3v) is 3.04. The van der Waals surface area contributed by atoms with Gasteiger partial charge in [-0.1, -0.05) is 30.3 Å². The molecular weight excluding hydrogens is 274 g/mol. The molecule has 0 amide bonds. The second-order valence-corrected chi connectivity index (χ2v) is 4.47. The van der Waals surface area contributed by atoms with Crippen LogP contribution in [0, 0.1) is 39.9 Å². The van der Waals surface area contributed by atoms with Crippen LogP contribution in [0.1, 0.15) is 11.5 Å². The van der Waals surface area contributed by atoms with Gasteiger partial charge in [0.15, 0.2) is 5.92 Å². The molecule has 0 bridgehead atoms. The van der Waals surface area contributed by atoms with Crippen molar-refractivity contribution in [2.45, 2.75) is 5.92 Å². The average Bonchev–Trinajstić information content (AvgIpc) is 2.59. The molecule has 1 atom stereocenters. The number of hydrogen-bond acceptors (Lipinski definition) is 5. The summed E-state index contributed by atoms with van der Waals surface area (Å²) in [7, 11) is 0. The van der Waals surface area contributed by atoms with Crippen molar-refractivity contribution in [3.05, 3.63) is 60.2 Å². The van der Waals surface area contributed by atoms with E-state index in [9.17, 15) is 0 Å². The van der Waals surface area contributed by atoms with Gasteiger partial charge < -0.3 is 0 Å². The van der Waals surface area contributed by atoms with E-state index in [2.05, 4.69) is 10.2 Å². The van der Waals surface area contributed by atoms with E-state index in [-0.39, 0.29) is 0 Å². The fraction of sp³-hybridized carbons (Fsp3) is 0.118. The quantitative estimate of drug-likeness (QED) is 0.780. The minimum Gasteiger partial charge on any atom is -0.198 e. The van der Waals surface area contributed by atoms with Gasteiger partial charge in [0.05, 0.1) is 29.6 Å². The lowest BCUT2D eigenvalue weighted by Crippen LogP contribution is -2.07. The Morgan fingerprint density at radius 3 is 1.73 bits per heavy atom. The lowest BCUT2D eigenvalue weighted by atomic mass is 9.89. The number of nitriles is 3. The Bertz CT molecular complexity index is 759. The van der Waals surface area contributed by atoms with Gasteiger partial charge in [-0.15, -0.1) is 0 Å². The largest absolute Gasteiger partial charge is 0.198 e. The van der Waals surface area contributed by atoms with Crippen molar-refractivity contribution in [2.75, 3.05) is 0 Å². The standard InChI is InChI=1S/C17H11N5/c18-10-14(11-19)17(12-20)13-6-8-16(9-7-13)22-21-15-4-2-1-3-5-15/h1-9,14,17H. The zero-order valence-corrected chi connectivity index (χ0v) is 11.6. The van der Waals surface area contributed by atoms with Crippen LogP contribution in [0.5, 0.6) is 0 Å². The van der Waals surface area contributed by atoms with E-state index >= 15 is 0 Å². The molecule has 5 heteroatoms. The fourth-order valence-electron chi connectivity index (χ4n) is 1.88. The first-order valence-corrected chi connectivity index (χ1v) is 6.54. The van der Waals surface area contributed by atoms with Crippen molar-refractivity contribution in [3.63, 3.8) is 0 Å². The molecule has 0 spiro atoms. The average molecular weight is 285 g/mol. The Morgan fingerprint density at radius 2 is 1.23 bits per heavy atom. The van der Waals surface area contributed by atoms with Crippen LogP contribution in [-0.2, 0) is 0 Å². The predicted molar refractivity (Wildman–Crippen MR) is 80.1 cm³/mol. The SMILES string of the molecule is N#CC(C#N)C(C#N)c1ccc(N=Nc2ccccc2)cc1. The topological polar surface area (TPSA) is 96.1 Å². The van der Waals surface area contributed by atoms with E-state index in [1.807, 2.05) is 48.5 Å². The van der Waals surface area contributed by atoms with E-state index in [1.54, 1.807) is 24.3 Å². The molecule has 5 nitrogen and oxygen atoms in total. The van der Waals surface area contributed by atoms with Crippen LogP contribution in [0.15, 0.2) is 64.8 Å². The first-order valence-electron chi connectivity index (χ1n) is 6.54. The number of nitrogens with zero attached hydrogens (tertiary/aromatic N) is 5. The van der Waals surface area contributed by atoms with Gasteiger partial charge in [-0.25, -0.2) is 0 Å². The normalized spacial score (nSPS) is 11.5. The lowest BCUT2D eigenvalue weighted by molar-refractivity contribution is 0.744. The molecule has 2 aromatic carbocycles.